The summed E-state index contributed by atoms with van der Waals surface area (Å²) in [6.45, 7) is 12.6. The first-order valence-electron chi connectivity index (χ1n) is 23.0. The molecule has 4 aromatic carbocycles. The first kappa shape index (κ1) is 49.3. The zero-order valence-corrected chi connectivity index (χ0v) is 40.8. The fraction of sp³-hybridized carbons (Fsp3) is 0.412. The molecule has 0 saturated carbocycles. The van der Waals surface area contributed by atoms with E-state index in [1.807, 2.05) is 80.3 Å². The van der Waals surface area contributed by atoms with E-state index >= 15 is 0 Å². The molecule has 7 rings (SSSR count). The van der Waals surface area contributed by atoms with Crippen LogP contribution in [0.1, 0.15) is 102 Å². The van der Waals surface area contributed by atoms with Gasteiger partial charge in [-0.15, -0.1) is 0 Å². The Morgan fingerprint density at radius 3 is 2.24 bits per heavy atom. The first-order chi connectivity index (χ1) is 32.7. The highest BCUT2D eigenvalue weighted by molar-refractivity contribution is 6.32. The van der Waals surface area contributed by atoms with E-state index in [9.17, 15) is 19.2 Å². The maximum Gasteiger partial charge on any atom is 0.407 e. The predicted octanol–water partition coefficient (Wildman–Crippen LogP) is 9.80. The van der Waals surface area contributed by atoms with Gasteiger partial charge in [0.15, 0.2) is 0 Å². The van der Waals surface area contributed by atoms with Gasteiger partial charge < -0.3 is 49.3 Å². The van der Waals surface area contributed by atoms with Crippen molar-refractivity contribution < 1.29 is 38.1 Å². The summed E-state index contributed by atoms with van der Waals surface area (Å²) in [5.41, 5.74) is 6.36. The molecule has 6 unspecified atom stereocenters. The number of fused-ring (bicyclic) bond motifs is 6. The second-order valence-electron chi connectivity index (χ2n) is 17.4. The number of amides is 4. The van der Waals surface area contributed by atoms with Crippen LogP contribution in [0.4, 0.5) is 9.59 Å². The van der Waals surface area contributed by atoms with E-state index in [4.69, 9.17) is 40.5 Å². The largest absolute Gasteiger partial charge is 0.488 e. The van der Waals surface area contributed by atoms with Crippen molar-refractivity contribution in [3.05, 3.63) is 101 Å². The molecule has 0 aliphatic carbocycles. The summed E-state index contributed by atoms with van der Waals surface area (Å²) in [4.78, 5) is 73.4. The van der Waals surface area contributed by atoms with Crippen LogP contribution >= 0.6 is 11.6 Å². The molecule has 1 aliphatic heterocycles. The Bertz CT molecular complexity index is 2780. The topological polar surface area (TPSA) is 193 Å². The highest BCUT2D eigenvalue weighted by Crippen LogP contribution is 2.43. The molecule has 1 aliphatic rings. The number of hydrogen-bond acceptors (Lipinski definition) is 10. The molecule has 4 amide bonds. The van der Waals surface area contributed by atoms with Gasteiger partial charge in [0.2, 0.25) is 5.91 Å². The molecule has 2 aromatic heterocycles. The van der Waals surface area contributed by atoms with Gasteiger partial charge in [0, 0.05) is 36.2 Å². The van der Waals surface area contributed by atoms with Crippen LogP contribution in [0.3, 0.4) is 0 Å². The number of nitrogens with zero attached hydrogens (tertiary/aromatic N) is 4. The number of hydrogen-bond donors (Lipinski definition) is 4. The normalized spacial score (nSPS) is 14.6. The monoisotopic (exact) mass is 948 g/mol. The molecule has 0 spiro atoms. The average molecular weight is 950 g/mol. The van der Waals surface area contributed by atoms with Crippen LogP contribution in [0.5, 0.6) is 5.75 Å². The SMILES string of the molecule is CCCC(CC)N(C(=O)C(C)NC(=O)OC)C(C)c1nc2c(ccc3cc4c(cc32)OCc2cc(-c3nc(C(C)N(CC(C)COC)C(=O)C(NC(=O)OC)c5ccccc5)[nH]c3Cl)ccc2-4)[nH]1. The molecule has 0 saturated heterocycles. The van der Waals surface area contributed by atoms with Crippen LogP contribution in [-0.4, -0.2) is 100 Å². The molecule has 68 heavy (non-hydrogen) atoms. The lowest BCUT2D eigenvalue weighted by Gasteiger charge is -2.37. The number of imidazole rings is 2. The smallest absolute Gasteiger partial charge is 0.407 e. The van der Waals surface area contributed by atoms with Crippen molar-refractivity contribution in [2.24, 2.45) is 5.92 Å². The Balaban J connectivity index is 1.18. The van der Waals surface area contributed by atoms with Gasteiger partial charge in [-0.05, 0) is 85.9 Å². The minimum atomic E-state index is -1.02. The van der Waals surface area contributed by atoms with Gasteiger partial charge in [0.25, 0.3) is 5.91 Å². The van der Waals surface area contributed by atoms with Gasteiger partial charge >= 0.3 is 12.2 Å². The van der Waals surface area contributed by atoms with Crippen molar-refractivity contribution in [3.63, 3.8) is 0 Å². The van der Waals surface area contributed by atoms with E-state index in [2.05, 4.69) is 40.5 Å². The lowest BCUT2D eigenvalue weighted by molar-refractivity contribution is -0.138. The number of aromatic amines is 2. The number of aromatic nitrogens is 4. The number of halogens is 1. The van der Waals surface area contributed by atoms with E-state index in [1.165, 1.54) is 14.2 Å². The van der Waals surface area contributed by atoms with E-state index in [1.54, 1.807) is 31.1 Å². The summed E-state index contributed by atoms with van der Waals surface area (Å²) in [6, 6.07) is 20.4. The number of methoxy groups -OCH3 is 3. The average Bonchev–Trinajstić information content (AvgIpc) is 3.97. The summed E-state index contributed by atoms with van der Waals surface area (Å²) in [6.07, 6.45) is 1.03. The van der Waals surface area contributed by atoms with E-state index in [0.29, 0.717) is 53.6 Å². The predicted molar refractivity (Wildman–Crippen MR) is 261 cm³/mol. The van der Waals surface area contributed by atoms with Gasteiger partial charge in [-0.3, -0.25) is 9.59 Å². The lowest BCUT2D eigenvalue weighted by atomic mass is 9.92. The fourth-order valence-electron chi connectivity index (χ4n) is 9.16. The van der Waals surface area contributed by atoms with Crippen molar-refractivity contribution in [1.82, 2.24) is 40.4 Å². The number of benzene rings is 4. The number of alkyl carbamates (subject to hydrolysis) is 2. The molecule has 0 bridgehead atoms. The van der Waals surface area contributed by atoms with Crippen LogP contribution in [0.15, 0.2) is 72.8 Å². The van der Waals surface area contributed by atoms with Crippen molar-refractivity contribution in [3.8, 4) is 28.1 Å². The van der Waals surface area contributed by atoms with E-state index in [-0.39, 0.29) is 23.8 Å². The quantitative estimate of drug-likeness (QED) is 0.0645. The van der Waals surface area contributed by atoms with Gasteiger partial charge in [-0.25, -0.2) is 19.6 Å². The zero-order valence-electron chi connectivity index (χ0n) is 40.1. The Kier molecular flexibility index (Phi) is 15.6. The highest BCUT2D eigenvalue weighted by atomic mass is 35.5. The standard InChI is InChI=1S/C51H61ClN8O8/c1-10-15-36(11-2)60(48(61)29(4)53-50(63)66-8)31(6)47-54-40-21-19-33-23-39-37-20-18-34(22-35(37)27-68-41(39)24-38(33)44(40)56-47)42-45(52)58-46(55-42)30(5)59(25-28(3)26-65-7)49(62)43(57-51(64)67-9)32-16-13-12-14-17-32/h12-14,16-24,28-31,36,43H,10-11,15,25-27H2,1-9H3,(H,53,63)(H,54,56)(H,55,58)(H,57,64). The summed E-state index contributed by atoms with van der Waals surface area (Å²) in [5, 5.41) is 7.54. The number of nitrogens with one attached hydrogen (secondary N) is 4. The minimum Gasteiger partial charge on any atom is -0.488 e. The van der Waals surface area contributed by atoms with E-state index in [0.717, 1.165) is 63.3 Å². The van der Waals surface area contributed by atoms with Crippen LogP contribution in [0, 0.1) is 5.92 Å². The Hall–Kier alpha value is -6.65. The fourth-order valence-corrected chi connectivity index (χ4v) is 9.41. The Labute approximate surface area is 401 Å². The van der Waals surface area contributed by atoms with Crippen LogP contribution < -0.4 is 15.4 Å². The number of carbonyl (C=O) groups excluding carboxylic acids is 4. The second kappa shape index (κ2) is 21.5. The summed E-state index contributed by atoms with van der Waals surface area (Å²) < 4.78 is 21.6. The molecular formula is C51H61ClN8O8. The maximum atomic E-state index is 14.5. The van der Waals surface area contributed by atoms with Gasteiger partial charge in [-0.2, -0.15) is 0 Å². The second-order valence-corrected chi connectivity index (χ2v) is 17.8. The lowest BCUT2D eigenvalue weighted by Crippen LogP contribution is -2.51. The summed E-state index contributed by atoms with van der Waals surface area (Å²) in [7, 11) is 4.14. The molecule has 0 fully saturated rings. The minimum absolute atomic E-state index is 0.0526. The molecular weight excluding hydrogens is 888 g/mol. The molecule has 17 heteroatoms. The summed E-state index contributed by atoms with van der Waals surface area (Å²) >= 11 is 6.92. The molecule has 3 heterocycles. The first-order valence-corrected chi connectivity index (χ1v) is 23.4. The summed E-state index contributed by atoms with van der Waals surface area (Å²) in [5.74, 6) is 1.21. The van der Waals surface area contributed by atoms with Gasteiger partial charge in [0.05, 0.1) is 43.9 Å². The third-order valence-electron chi connectivity index (χ3n) is 12.7. The number of carbonyl (C=O) groups is 4. The number of H-pyrrole nitrogens is 2. The molecule has 6 atom stereocenters. The molecule has 6 aromatic rings. The van der Waals surface area contributed by atoms with E-state index < -0.39 is 36.4 Å². The Morgan fingerprint density at radius 1 is 0.824 bits per heavy atom. The van der Waals surface area contributed by atoms with Crippen molar-refractivity contribution in [2.75, 3.05) is 34.5 Å². The van der Waals surface area contributed by atoms with Crippen molar-refractivity contribution in [1.29, 1.82) is 0 Å². The van der Waals surface area contributed by atoms with Crippen molar-refractivity contribution >= 4 is 57.4 Å². The number of ether oxygens (including phenoxy) is 4. The highest BCUT2D eigenvalue weighted by Gasteiger charge is 2.35. The van der Waals surface area contributed by atoms with Crippen molar-refractivity contribution in [2.45, 2.75) is 97.6 Å². The Morgan fingerprint density at radius 2 is 1.54 bits per heavy atom. The van der Waals surface area contributed by atoms with Crippen LogP contribution in [0.2, 0.25) is 5.15 Å². The third kappa shape index (κ3) is 10.3. The molecule has 16 nitrogen and oxygen atoms in total. The van der Waals surface area contributed by atoms with Gasteiger partial charge in [-0.1, -0.05) is 87.3 Å². The van der Waals surface area contributed by atoms with Gasteiger partial charge in [0.1, 0.15) is 46.9 Å². The molecule has 360 valence electrons. The maximum absolute atomic E-state index is 14.5. The van der Waals surface area contributed by atoms with Crippen LogP contribution in [0.25, 0.3) is 44.2 Å². The molecule has 4 N–H and O–H groups in total. The third-order valence-corrected chi connectivity index (χ3v) is 13.0. The van der Waals surface area contributed by atoms with Crippen LogP contribution in [-0.2, 0) is 30.4 Å². The number of rotatable bonds is 18. The molecule has 0 radical (unpaired) electrons. The zero-order chi connectivity index (χ0) is 48.8.